The Balaban J connectivity index is 2.22. The molecule has 0 aromatic heterocycles. The molecule has 5 nitrogen and oxygen atoms in total. The predicted molar refractivity (Wildman–Crippen MR) is 57.3 cm³/mol. The second-order valence-corrected chi connectivity index (χ2v) is 4.77. The van der Waals surface area contributed by atoms with Gasteiger partial charge in [0.25, 0.3) is 0 Å². The van der Waals surface area contributed by atoms with Crippen molar-refractivity contribution in [3.63, 3.8) is 0 Å². The van der Waals surface area contributed by atoms with Crippen molar-refractivity contribution < 1.29 is 19.2 Å². The maximum atomic E-state index is 11.3. The van der Waals surface area contributed by atoms with E-state index in [0.29, 0.717) is 0 Å². The number of allylic oxidation sites excluding steroid dienone is 1. The van der Waals surface area contributed by atoms with E-state index in [1.807, 2.05) is 5.48 Å². The Kier molecular flexibility index (Phi) is 3.57. The molecule has 0 saturated heterocycles. The van der Waals surface area contributed by atoms with Crippen molar-refractivity contribution in [3.8, 4) is 0 Å². The predicted octanol–water partition coefficient (Wildman–Crippen LogP) is 1.79. The van der Waals surface area contributed by atoms with Crippen LogP contribution in [-0.4, -0.2) is 17.7 Å². The molecule has 0 radical (unpaired) electrons. The summed E-state index contributed by atoms with van der Waals surface area (Å²) in [5, 5.41) is 0. The van der Waals surface area contributed by atoms with Gasteiger partial charge in [0, 0.05) is 0 Å². The number of carbonyl (C=O) groups excluding carboxylic acids is 2. The van der Waals surface area contributed by atoms with Crippen molar-refractivity contribution in [2.45, 2.75) is 32.8 Å². The van der Waals surface area contributed by atoms with Crippen LogP contribution in [-0.2, 0) is 14.4 Å². The van der Waals surface area contributed by atoms with Gasteiger partial charge >= 0.3 is 12.1 Å². The van der Waals surface area contributed by atoms with Crippen LogP contribution in [0.3, 0.4) is 0 Å². The molecule has 0 spiro atoms. The molecule has 0 bridgehead atoms. The van der Waals surface area contributed by atoms with E-state index in [9.17, 15) is 9.59 Å². The number of hydrogen-bond donors (Lipinski definition) is 1. The monoisotopic (exact) mass is 227 g/mol. The summed E-state index contributed by atoms with van der Waals surface area (Å²) in [6.45, 7) is 8.75. The molecule has 90 valence electrons. The summed E-state index contributed by atoms with van der Waals surface area (Å²) in [7, 11) is 0. The molecular formula is C11H17NO4. The number of rotatable bonds is 2. The summed E-state index contributed by atoms with van der Waals surface area (Å²) in [5.74, 6) is -0.448. The van der Waals surface area contributed by atoms with Crippen molar-refractivity contribution in [1.82, 2.24) is 5.48 Å². The molecule has 1 rings (SSSR count). The Bertz CT molecular complexity index is 306. The molecular weight excluding hydrogens is 210 g/mol. The minimum absolute atomic E-state index is 0.174. The van der Waals surface area contributed by atoms with Crippen molar-refractivity contribution in [2.75, 3.05) is 0 Å². The third-order valence-corrected chi connectivity index (χ3v) is 2.08. The quantitative estimate of drug-likeness (QED) is 0.577. The molecule has 1 amide bonds. The van der Waals surface area contributed by atoms with Gasteiger partial charge in [-0.1, -0.05) is 6.08 Å². The van der Waals surface area contributed by atoms with E-state index in [2.05, 4.69) is 11.4 Å². The average Bonchev–Trinajstić information content (AvgIpc) is 2.90. The van der Waals surface area contributed by atoms with Crippen molar-refractivity contribution in [3.05, 3.63) is 12.7 Å². The number of hydroxylamine groups is 1. The SMILES string of the molecule is C=C[C@@H]1C[C@@H]1C(=O)ONC(=O)OC(C)(C)C. The zero-order valence-electron chi connectivity index (χ0n) is 9.78. The first-order valence-corrected chi connectivity index (χ1v) is 5.15. The van der Waals surface area contributed by atoms with Crippen LogP contribution in [0.15, 0.2) is 12.7 Å². The van der Waals surface area contributed by atoms with E-state index >= 15 is 0 Å². The molecule has 16 heavy (non-hydrogen) atoms. The highest BCUT2D eigenvalue weighted by atomic mass is 16.7. The molecule has 1 aliphatic rings. The fraction of sp³-hybridized carbons (Fsp3) is 0.636. The van der Waals surface area contributed by atoms with Gasteiger partial charge in [-0.05, 0) is 33.1 Å². The summed E-state index contributed by atoms with van der Waals surface area (Å²) in [6, 6.07) is 0. The first kappa shape index (κ1) is 12.5. The second-order valence-electron chi connectivity index (χ2n) is 4.77. The van der Waals surface area contributed by atoms with Crippen LogP contribution in [0, 0.1) is 11.8 Å². The normalized spacial score (nSPS) is 23.2. The molecule has 1 N–H and O–H groups in total. The highest BCUT2D eigenvalue weighted by Gasteiger charge is 2.42. The van der Waals surface area contributed by atoms with E-state index in [0.717, 1.165) is 6.42 Å². The highest BCUT2D eigenvalue weighted by Crippen LogP contribution is 2.39. The van der Waals surface area contributed by atoms with Crippen LogP contribution in [0.4, 0.5) is 4.79 Å². The van der Waals surface area contributed by atoms with E-state index in [1.54, 1.807) is 26.8 Å². The maximum absolute atomic E-state index is 11.3. The molecule has 5 heteroatoms. The summed E-state index contributed by atoms with van der Waals surface area (Å²) >= 11 is 0. The molecule has 0 aliphatic heterocycles. The number of nitrogens with one attached hydrogen (secondary N) is 1. The summed E-state index contributed by atoms with van der Waals surface area (Å²) in [6.07, 6.45) is 1.68. The second kappa shape index (κ2) is 4.55. The van der Waals surface area contributed by atoms with Crippen LogP contribution in [0.2, 0.25) is 0 Å². The highest BCUT2D eigenvalue weighted by molar-refractivity contribution is 5.78. The topological polar surface area (TPSA) is 64.6 Å². The average molecular weight is 227 g/mol. The van der Waals surface area contributed by atoms with Crippen LogP contribution in [0.1, 0.15) is 27.2 Å². The summed E-state index contributed by atoms with van der Waals surface area (Å²) in [5.41, 5.74) is 1.35. The third-order valence-electron chi connectivity index (χ3n) is 2.08. The Morgan fingerprint density at radius 3 is 2.50 bits per heavy atom. The number of carbonyl (C=O) groups is 2. The fourth-order valence-corrected chi connectivity index (χ4v) is 1.21. The first-order valence-electron chi connectivity index (χ1n) is 5.15. The van der Waals surface area contributed by atoms with Gasteiger partial charge in [0.05, 0.1) is 5.92 Å². The lowest BCUT2D eigenvalue weighted by molar-refractivity contribution is -0.152. The van der Waals surface area contributed by atoms with E-state index in [1.165, 1.54) is 0 Å². The van der Waals surface area contributed by atoms with Crippen molar-refractivity contribution >= 4 is 12.1 Å². The standard InChI is InChI=1S/C11H17NO4/c1-5-7-6-8(7)9(13)16-12-10(14)15-11(2,3)4/h5,7-8H,1,6H2,2-4H3,(H,12,14)/t7-,8+/m1/s1. The minimum atomic E-state index is -0.767. The Labute approximate surface area is 94.7 Å². The van der Waals surface area contributed by atoms with E-state index in [4.69, 9.17) is 4.74 Å². The Morgan fingerprint density at radius 2 is 2.06 bits per heavy atom. The first-order chi connectivity index (χ1) is 7.33. The summed E-state index contributed by atoms with van der Waals surface area (Å²) in [4.78, 5) is 27.0. The van der Waals surface area contributed by atoms with Crippen LogP contribution in [0.25, 0.3) is 0 Å². The number of ether oxygens (including phenoxy) is 1. The van der Waals surface area contributed by atoms with Crippen LogP contribution < -0.4 is 5.48 Å². The maximum Gasteiger partial charge on any atom is 0.441 e. The zero-order chi connectivity index (χ0) is 12.3. The minimum Gasteiger partial charge on any atom is -0.442 e. The Hall–Kier alpha value is -1.52. The molecule has 1 fully saturated rings. The molecule has 0 heterocycles. The Morgan fingerprint density at radius 1 is 1.44 bits per heavy atom. The van der Waals surface area contributed by atoms with Gasteiger partial charge in [0.2, 0.25) is 0 Å². The smallest absolute Gasteiger partial charge is 0.441 e. The largest absolute Gasteiger partial charge is 0.442 e. The van der Waals surface area contributed by atoms with E-state index < -0.39 is 17.7 Å². The molecule has 1 saturated carbocycles. The molecule has 0 aromatic carbocycles. The van der Waals surface area contributed by atoms with Gasteiger partial charge in [-0.25, -0.2) is 9.59 Å². The molecule has 2 atom stereocenters. The van der Waals surface area contributed by atoms with Gasteiger partial charge in [-0.15, -0.1) is 12.1 Å². The number of amides is 1. The third kappa shape index (κ3) is 3.92. The number of hydrogen-bond acceptors (Lipinski definition) is 4. The van der Waals surface area contributed by atoms with Gasteiger partial charge in [-0.2, -0.15) is 0 Å². The van der Waals surface area contributed by atoms with E-state index in [-0.39, 0.29) is 11.8 Å². The van der Waals surface area contributed by atoms with Crippen LogP contribution in [0.5, 0.6) is 0 Å². The zero-order valence-corrected chi connectivity index (χ0v) is 9.78. The summed E-state index contributed by atoms with van der Waals surface area (Å²) < 4.78 is 4.89. The molecule has 1 aliphatic carbocycles. The lowest BCUT2D eigenvalue weighted by Crippen LogP contribution is -2.34. The fourth-order valence-electron chi connectivity index (χ4n) is 1.21. The van der Waals surface area contributed by atoms with Crippen LogP contribution >= 0.6 is 0 Å². The lowest BCUT2D eigenvalue weighted by Gasteiger charge is -2.19. The van der Waals surface area contributed by atoms with Gasteiger partial charge in [0.15, 0.2) is 0 Å². The van der Waals surface area contributed by atoms with Gasteiger partial charge in [-0.3, -0.25) is 0 Å². The molecule has 0 aromatic rings. The van der Waals surface area contributed by atoms with Gasteiger partial charge in [0.1, 0.15) is 5.60 Å². The van der Waals surface area contributed by atoms with Gasteiger partial charge < -0.3 is 9.57 Å². The lowest BCUT2D eigenvalue weighted by atomic mass is 10.2. The molecule has 0 unspecified atom stereocenters. The van der Waals surface area contributed by atoms with Crippen molar-refractivity contribution in [2.24, 2.45) is 11.8 Å². The van der Waals surface area contributed by atoms with Crippen molar-refractivity contribution in [1.29, 1.82) is 0 Å².